The van der Waals surface area contributed by atoms with E-state index in [4.69, 9.17) is 5.11 Å². The van der Waals surface area contributed by atoms with Gasteiger partial charge in [-0.2, -0.15) is 0 Å². The van der Waals surface area contributed by atoms with Crippen LogP contribution in [-0.4, -0.2) is 22.2 Å². The fraction of sp³-hybridized carbons (Fsp3) is 0.931. The second kappa shape index (κ2) is 29.0. The van der Waals surface area contributed by atoms with Crippen LogP contribution in [0.15, 0.2) is 0 Å². The van der Waals surface area contributed by atoms with Gasteiger partial charge in [0.2, 0.25) is 0 Å². The SMILES string of the molecule is CCCCC(=O)O.CCCCCCCCCCCCC(CCCCCCCCCC)C(=O)O. The zero-order valence-corrected chi connectivity index (χ0v) is 22.6. The third-order valence-corrected chi connectivity index (χ3v) is 6.41. The van der Waals surface area contributed by atoms with Gasteiger partial charge in [-0.15, -0.1) is 0 Å². The molecule has 0 saturated heterocycles. The van der Waals surface area contributed by atoms with Crippen LogP contribution in [0.4, 0.5) is 0 Å². The molecular formula is C29H58O4. The maximum Gasteiger partial charge on any atom is 0.306 e. The van der Waals surface area contributed by atoms with Crippen molar-refractivity contribution in [2.75, 3.05) is 0 Å². The van der Waals surface area contributed by atoms with E-state index in [2.05, 4.69) is 13.8 Å². The van der Waals surface area contributed by atoms with Gasteiger partial charge in [0.25, 0.3) is 0 Å². The lowest BCUT2D eigenvalue weighted by atomic mass is 9.94. The van der Waals surface area contributed by atoms with E-state index < -0.39 is 11.9 Å². The van der Waals surface area contributed by atoms with Crippen LogP contribution in [0.3, 0.4) is 0 Å². The van der Waals surface area contributed by atoms with Gasteiger partial charge in [-0.05, 0) is 19.3 Å². The molecule has 1 unspecified atom stereocenters. The Labute approximate surface area is 206 Å². The second-order valence-electron chi connectivity index (χ2n) is 9.77. The first-order chi connectivity index (χ1) is 16.0. The Hall–Kier alpha value is -1.06. The van der Waals surface area contributed by atoms with Crippen molar-refractivity contribution in [3.8, 4) is 0 Å². The third-order valence-electron chi connectivity index (χ3n) is 6.41. The average molecular weight is 471 g/mol. The normalized spacial score (nSPS) is 11.6. The minimum absolute atomic E-state index is 0.0934. The van der Waals surface area contributed by atoms with Crippen molar-refractivity contribution in [1.29, 1.82) is 0 Å². The Balaban J connectivity index is 0. The van der Waals surface area contributed by atoms with Crippen LogP contribution in [0.1, 0.15) is 168 Å². The Morgan fingerprint density at radius 2 is 0.788 bits per heavy atom. The summed E-state index contributed by atoms with van der Waals surface area (Å²) in [5.41, 5.74) is 0. The van der Waals surface area contributed by atoms with E-state index in [1.807, 2.05) is 6.92 Å². The van der Waals surface area contributed by atoms with Crippen LogP contribution in [0.5, 0.6) is 0 Å². The van der Waals surface area contributed by atoms with E-state index in [0.717, 1.165) is 38.5 Å². The summed E-state index contributed by atoms with van der Waals surface area (Å²) in [5.74, 6) is -1.35. The topological polar surface area (TPSA) is 74.6 Å². The molecule has 0 spiro atoms. The molecule has 0 aliphatic heterocycles. The predicted octanol–water partition coefficient (Wildman–Crippen LogP) is 9.79. The van der Waals surface area contributed by atoms with Gasteiger partial charge in [0.05, 0.1) is 5.92 Å². The molecule has 198 valence electrons. The first kappa shape index (κ1) is 34.1. The zero-order valence-electron chi connectivity index (χ0n) is 22.6. The minimum Gasteiger partial charge on any atom is -0.481 e. The highest BCUT2D eigenvalue weighted by atomic mass is 16.4. The molecule has 0 aromatic carbocycles. The van der Waals surface area contributed by atoms with Crippen LogP contribution in [-0.2, 0) is 9.59 Å². The van der Waals surface area contributed by atoms with Gasteiger partial charge in [-0.25, -0.2) is 0 Å². The van der Waals surface area contributed by atoms with Crippen molar-refractivity contribution in [1.82, 2.24) is 0 Å². The predicted molar refractivity (Wildman–Crippen MR) is 142 cm³/mol. The Bertz CT molecular complexity index is 408. The van der Waals surface area contributed by atoms with Crippen molar-refractivity contribution in [2.45, 2.75) is 168 Å². The molecule has 0 heterocycles. The van der Waals surface area contributed by atoms with E-state index in [1.54, 1.807) is 0 Å². The molecular weight excluding hydrogens is 412 g/mol. The lowest BCUT2D eigenvalue weighted by molar-refractivity contribution is -0.142. The molecule has 2 N–H and O–H groups in total. The van der Waals surface area contributed by atoms with Crippen LogP contribution in [0.25, 0.3) is 0 Å². The lowest BCUT2D eigenvalue weighted by Gasteiger charge is -2.12. The van der Waals surface area contributed by atoms with Gasteiger partial charge in [0, 0.05) is 6.42 Å². The maximum absolute atomic E-state index is 11.4. The molecule has 0 aromatic heterocycles. The van der Waals surface area contributed by atoms with Crippen LogP contribution in [0.2, 0.25) is 0 Å². The number of carboxylic acids is 2. The number of hydrogen-bond acceptors (Lipinski definition) is 2. The van der Waals surface area contributed by atoms with Crippen LogP contribution >= 0.6 is 0 Å². The van der Waals surface area contributed by atoms with E-state index in [0.29, 0.717) is 6.42 Å². The standard InChI is InChI=1S/C24H48O2.C5H10O2/c1-3-5-7-9-11-13-14-16-18-20-22-23(24(25)26)21-19-17-15-12-10-8-6-4-2;1-2-3-4-5(6)7/h23H,3-22H2,1-2H3,(H,25,26);2-4H2,1H3,(H,6,7). The zero-order chi connectivity index (χ0) is 25.0. The molecule has 0 aliphatic rings. The van der Waals surface area contributed by atoms with Crippen molar-refractivity contribution in [2.24, 2.45) is 5.92 Å². The van der Waals surface area contributed by atoms with E-state index in [9.17, 15) is 14.7 Å². The van der Waals surface area contributed by atoms with Crippen molar-refractivity contribution < 1.29 is 19.8 Å². The number of carbonyl (C=O) groups is 2. The molecule has 1 atom stereocenters. The smallest absolute Gasteiger partial charge is 0.306 e. The number of hydrogen-bond donors (Lipinski definition) is 2. The molecule has 0 aromatic rings. The average Bonchev–Trinajstić information content (AvgIpc) is 2.79. The number of rotatable bonds is 24. The summed E-state index contributed by atoms with van der Waals surface area (Å²) < 4.78 is 0. The molecule has 0 fully saturated rings. The summed E-state index contributed by atoms with van der Waals surface area (Å²) in [6.45, 7) is 6.49. The highest BCUT2D eigenvalue weighted by Crippen LogP contribution is 2.20. The lowest BCUT2D eigenvalue weighted by Crippen LogP contribution is -2.13. The van der Waals surface area contributed by atoms with Gasteiger partial charge >= 0.3 is 11.9 Å². The number of unbranched alkanes of at least 4 members (excludes halogenated alkanes) is 17. The summed E-state index contributed by atoms with van der Waals surface area (Å²) in [6, 6.07) is 0. The molecule has 0 amide bonds. The molecule has 0 bridgehead atoms. The van der Waals surface area contributed by atoms with Crippen LogP contribution in [0, 0.1) is 5.92 Å². The molecule has 4 nitrogen and oxygen atoms in total. The van der Waals surface area contributed by atoms with Gasteiger partial charge < -0.3 is 10.2 Å². The molecule has 0 rings (SSSR count). The fourth-order valence-corrected chi connectivity index (χ4v) is 4.12. The highest BCUT2D eigenvalue weighted by molar-refractivity contribution is 5.69. The first-order valence-corrected chi connectivity index (χ1v) is 14.4. The summed E-state index contributed by atoms with van der Waals surface area (Å²) >= 11 is 0. The number of carboxylic acid groups (broad SMARTS) is 2. The summed E-state index contributed by atoms with van der Waals surface area (Å²) in [7, 11) is 0. The quantitative estimate of drug-likeness (QED) is 0.138. The fourth-order valence-electron chi connectivity index (χ4n) is 4.12. The van der Waals surface area contributed by atoms with Crippen molar-refractivity contribution >= 4 is 11.9 Å². The Morgan fingerprint density at radius 3 is 1.03 bits per heavy atom. The number of aliphatic carboxylic acids is 2. The Kier molecular flexibility index (Phi) is 29.9. The summed E-state index contributed by atoms with van der Waals surface area (Å²) in [4.78, 5) is 21.2. The summed E-state index contributed by atoms with van der Waals surface area (Å²) in [5, 5.41) is 17.5. The molecule has 33 heavy (non-hydrogen) atoms. The molecule has 0 radical (unpaired) electrons. The van der Waals surface area contributed by atoms with E-state index >= 15 is 0 Å². The van der Waals surface area contributed by atoms with Gasteiger partial charge in [-0.1, -0.05) is 143 Å². The molecule has 0 aliphatic carbocycles. The van der Waals surface area contributed by atoms with Crippen molar-refractivity contribution in [3.63, 3.8) is 0 Å². The molecule has 0 saturated carbocycles. The van der Waals surface area contributed by atoms with Crippen molar-refractivity contribution in [3.05, 3.63) is 0 Å². The minimum atomic E-state index is -0.693. The van der Waals surface area contributed by atoms with Crippen LogP contribution < -0.4 is 0 Å². The van der Waals surface area contributed by atoms with Gasteiger partial charge in [0.1, 0.15) is 0 Å². The largest absolute Gasteiger partial charge is 0.481 e. The van der Waals surface area contributed by atoms with Gasteiger partial charge in [-0.3, -0.25) is 9.59 Å². The van der Waals surface area contributed by atoms with Gasteiger partial charge in [0.15, 0.2) is 0 Å². The summed E-state index contributed by atoms with van der Waals surface area (Å²) in [6.07, 6.45) is 27.4. The highest BCUT2D eigenvalue weighted by Gasteiger charge is 2.16. The molecule has 4 heteroatoms. The second-order valence-corrected chi connectivity index (χ2v) is 9.77. The Morgan fingerprint density at radius 1 is 0.485 bits per heavy atom. The monoisotopic (exact) mass is 470 g/mol. The third kappa shape index (κ3) is 30.9. The van der Waals surface area contributed by atoms with E-state index in [-0.39, 0.29) is 5.92 Å². The first-order valence-electron chi connectivity index (χ1n) is 14.4. The van der Waals surface area contributed by atoms with E-state index in [1.165, 1.54) is 103 Å². The maximum atomic E-state index is 11.4.